The van der Waals surface area contributed by atoms with Gasteiger partial charge in [0.1, 0.15) is 6.54 Å². The van der Waals surface area contributed by atoms with Crippen LogP contribution in [0, 0.1) is 5.92 Å². The molecule has 1 atom stereocenters. The zero-order chi connectivity index (χ0) is 16.8. The molecule has 2 rings (SSSR count). The minimum Gasteiger partial charge on any atom is -0.352 e. The Morgan fingerprint density at radius 3 is 2.57 bits per heavy atom. The first kappa shape index (κ1) is 17.7. The lowest BCUT2D eigenvalue weighted by molar-refractivity contribution is -0.126. The zero-order valence-corrected chi connectivity index (χ0v) is 13.9. The van der Waals surface area contributed by atoms with Crippen LogP contribution in [0.25, 0.3) is 0 Å². The number of hydrogen-bond acceptors (Lipinski definition) is 4. The Bertz CT molecular complexity index is 449. The quantitative estimate of drug-likeness (QED) is 0.673. The Morgan fingerprint density at radius 1 is 1.30 bits per heavy atom. The lowest BCUT2D eigenvalue weighted by Crippen LogP contribution is -2.46. The van der Waals surface area contributed by atoms with E-state index in [2.05, 4.69) is 5.32 Å². The number of urea groups is 1. The second-order valence-corrected chi connectivity index (χ2v) is 6.60. The molecule has 2 aliphatic rings. The summed E-state index contributed by atoms with van der Waals surface area (Å²) < 4.78 is 0. The minimum absolute atomic E-state index is 0.0431. The maximum Gasteiger partial charge on any atom is 0.326 e. The van der Waals surface area contributed by atoms with Crippen molar-refractivity contribution in [1.29, 1.82) is 0 Å². The molecule has 0 radical (unpaired) electrons. The molecular weight excluding hydrogens is 296 g/mol. The average Bonchev–Trinajstić information content (AvgIpc) is 2.79. The molecule has 1 aliphatic carbocycles. The lowest BCUT2D eigenvalue weighted by Gasteiger charge is -2.30. The molecule has 0 bridgehead atoms. The maximum absolute atomic E-state index is 12.1. The molecule has 0 aromatic heterocycles. The Labute approximate surface area is 137 Å². The molecular formula is C16H28N4O3. The van der Waals surface area contributed by atoms with Crippen molar-refractivity contribution in [3.8, 4) is 0 Å². The van der Waals surface area contributed by atoms with E-state index in [1.807, 2.05) is 0 Å². The van der Waals surface area contributed by atoms with Crippen molar-refractivity contribution in [2.24, 2.45) is 11.7 Å². The van der Waals surface area contributed by atoms with E-state index in [0.717, 1.165) is 12.8 Å². The van der Waals surface area contributed by atoms with Crippen LogP contribution in [0.3, 0.4) is 0 Å². The molecule has 7 heteroatoms. The largest absolute Gasteiger partial charge is 0.352 e. The van der Waals surface area contributed by atoms with Crippen LogP contribution >= 0.6 is 0 Å². The van der Waals surface area contributed by atoms with E-state index in [4.69, 9.17) is 5.73 Å². The van der Waals surface area contributed by atoms with Gasteiger partial charge in [-0.25, -0.2) is 4.79 Å². The van der Waals surface area contributed by atoms with Crippen LogP contribution < -0.4 is 11.1 Å². The summed E-state index contributed by atoms with van der Waals surface area (Å²) in [7, 11) is 1.60. The molecule has 1 saturated heterocycles. The topological polar surface area (TPSA) is 95.7 Å². The van der Waals surface area contributed by atoms with E-state index in [-0.39, 0.29) is 30.4 Å². The molecule has 0 spiro atoms. The predicted octanol–water partition coefficient (Wildman–Crippen LogP) is 0.684. The number of likely N-dealkylation sites (N-methyl/N-ethyl adjacent to an activating group) is 1. The van der Waals surface area contributed by atoms with Gasteiger partial charge < -0.3 is 16.0 Å². The van der Waals surface area contributed by atoms with Crippen LogP contribution in [0.15, 0.2) is 0 Å². The Balaban J connectivity index is 1.71. The second kappa shape index (κ2) is 8.29. The molecule has 3 N–H and O–H groups in total. The molecule has 7 nitrogen and oxygen atoms in total. The number of hydrogen-bond donors (Lipinski definition) is 2. The molecule has 130 valence electrons. The van der Waals surface area contributed by atoms with Gasteiger partial charge >= 0.3 is 6.03 Å². The van der Waals surface area contributed by atoms with Crippen molar-refractivity contribution in [2.75, 3.05) is 26.7 Å². The number of carbonyl (C=O) groups is 3. The molecule has 0 aromatic carbocycles. The predicted molar refractivity (Wildman–Crippen MR) is 86.5 cm³/mol. The average molecular weight is 324 g/mol. The highest BCUT2D eigenvalue weighted by Gasteiger charge is 2.33. The molecule has 1 heterocycles. The summed E-state index contributed by atoms with van der Waals surface area (Å²) in [5.74, 6) is 0.242. The Hall–Kier alpha value is -1.63. The number of amides is 4. The minimum atomic E-state index is -0.280. The summed E-state index contributed by atoms with van der Waals surface area (Å²) in [6.45, 7) is 0.887. The number of imide groups is 1. The first-order valence-electron chi connectivity index (χ1n) is 8.57. The normalized spacial score (nSPS) is 21.0. The van der Waals surface area contributed by atoms with Crippen molar-refractivity contribution in [2.45, 2.75) is 51.0 Å². The highest BCUT2D eigenvalue weighted by molar-refractivity contribution is 6.01. The smallest absolute Gasteiger partial charge is 0.326 e. The molecule has 0 aromatic rings. The highest BCUT2D eigenvalue weighted by atomic mass is 16.2. The number of carbonyl (C=O) groups excluding carboxylic acids is 3. The molecule has 1 saturated carbocycles. The van der Waals surface area contributed by atoms with Crippen LogP contribution in [0.5, 0.6) is 0 Å². The van der Waals surface area contributed by atoms with Crippen molar-refractivity contribution in [3.05, 3.63) is 0 Å². The fraction of sp³-hybridized carbons (Fsp3) is 0.812. The number of nitrogens with zero attached hydrogens (tertiary/aromatic N) is 2. The molecule has 1 aliphatic heterocycles. The van der Waals surface area contributed by atoms with E-state index in [9.17, 15) is 14.4 Å². The van der Waals surface area contributed by atoms with E-state index >= 15 is 0 Å². The van der Waals surface area contributed by atoms with Gasteiger partial charge in [0.05, 0.1) is 0 Å². The first-order valence-corrected chi connectivity index (χ1v) is 8.57. The third-order valence-electron chi connectivity index (χ3n) is 4.84. The summed E-state index contributed by atoms with van der Waals surface area (Å²) in [4.78, 5) is 38.1. The standard InChI is InChI=1S/C16H28N4O3/c1-19-11-15(22)20(16(19)23)9-5-8-14(21)18-13(10-17)12-6-3-2-4-7-12/h12-13H,2-11,17H2,1H3,(H,18,21). The van der Waals surface area contributed by atoms with Crippen molar-refractivity contribution in [3.63, 3.8) is 0 Å². The Kier molecular flexibility index (Phi) is 6.38. The van der Waals surface area contributed by atoms with E-state index in [1.54, 1.807) is 7.05 Å². The number of nitrogens with two attached hydrogens (primary N) is 1. The zero-order valence-electron chi connectivity index (χ0n) is 13.9. The van der Waals surface area contributed by atoms with Gasteiger partial charge in [0.2, 0.25) is 11.8 Å². The third kappa shape index (κ3) is 4.67. The van der Waals surface area contributed by atoms with Crippen molar-refractivity contribution in [1.82, 2.24) is 15.1 Å². The fourth-order valence-corrected chi connectivity index (χ4v) is 3.47. The molecule has 4 amide bonds. The monoisotopic (exact) mass is 324 g/mol. The first-order chi connectivity index (χ1) is 11.0. The lowest BCUT2D eigenvalue weighted by atomic mass is 9.84. The summed E-state index contributed by atoms with van der Waals surface area (Å²) in [6.07, 6.45) is 6.75. The van der Waals surface area contributed by atoms with Gasteiger partial charge in [-0.3, -0.25) is 14.5 Å². The molecule has 23 heavy (non-hydrogen) atoms. The van der Waals surface area contributed by atoms with Gasteiger partial charge in [-0.2, -0.15) is 0 Å². The van der Waals surface area contributed by atoms with E-state index < -0.39 is 0 Å². The van der Waals surface area contributed by atoms with Gasteiger partial charge in [-0.15, -0.1) is 0 Å². The summed E-state index contributed by atoms with van der Waals surface area (Å²) in [5, 5.41) is 3.03. The van der Waals surface area contributed by atoms with Crippen LogP contribution in [0.2, 0.25) is 0 Å². The van der Waals surface area contributed by atoms with Crippen molar-refractivity contribution >= 4 is 17.8 Å². The Morgan fingerprint density at radius 2 is 2.00 bits per heavy atom. The maximum atomic E-state index is 12.1. The number of rotatable bonds is 7. The third-order valence-corrected chi connectivity index (χ3v) is 4.84. The summed E-state index contributed by atoms with van der Waals surface area (Å²) in [6, 6.07) is -0.235. The van der Waals surface area contributed by atoms with Crippen LogP contribution in [0.1, 0.15) is 44.9 Å². The van der Waals surface area contributed by atoms with Gasteiger partial charge in [0.25, 0.3) is 0 Å². The molecule has 2 fully saturated rings. The SMILES string of the molecule is CN1CC(=O)N(CCCC(=O)NC(CN)C2CCCCC2)C1=O. The fourth-order valence-electron chi connectivity index (χ4n) is 3.47. The van der Waals surface area contributed by atoms with Crippen LogP contribution in [-0.2, 0) is 9.59 Å². The van der Waals surface area contributed by atoms with Crippen LogP contribution in [0.4, 0.5) is 4.79 Å². The van der Waals surface area contributed by atoms with Crippen molar-refractivity contribution < 1.29 is 14.4 Å². The van der Waals surface area contributed by atoms with Gasteiger partial charge in [0, 0.05) is 32.6 Å². The van der Waals surface area contributed by atoms with Crippen LogP contribution in [-0.4, -0.2) is 60.4 Å². The van der Waals surface area contributed by atoms with E-state index in [1.165, 1.54) is 29.1 Å². The summed E-state index contributed by atoms with van der Waals surface area (Å²) in [5.41, 5.74) is 5.81. The van der Waals surface area contributed by atoms with Gasteiger partial charge in [-0.1, -0.05) is 19.3 Å². The van der Waals surface area contributed by atoms with E-state index in [0.29, 0.717) is 31.8 Å². The highest BCUT2D eigenvalue weighted by Crippen LogP contribution is 2.26. The van der Waals surface area contributed by atoms with Gasteiger partial charge in [-0.05, 0) is 25.2 Å². The second-order valence-electron chi connectivity index (χ2n) is 6.60. The molecule has 1 unspecified atom stereocenters. The summed E-state index contributed by atoms with van der Waals surface area (Å²) >= 11 is 0. The number of nitrogens with one attached hydrogen (secondary N) is 1. The van der Waals surface area contributed by atoms with Gasteiger partial charge in [0.15, 0.2) is 0 Å².